The lowest BCUT2D eigenvalue weighted by Gasteiger charge is -2.14. The Morgan fingerprint density at radius 1 is 0.891 bits per heavy atom. The molecule has 1 atom stereocenters. The number of carboxylic acid groups (broad SMARTS) is 1. The molecule has 244 valence electrons. The summed E-state index contributed by atoms with van der Waals surface area (Å²) in [6.07, 6.45) is 2.78. The van der Waals surface area contributed by atoms with E-state index in [1.807, 2.05) is 61.6 Å². The van der Waals surface area contributed by atoms with Crippen molar-refractivity contribution >= 4 is 56.8 Å². The molecule has 1 aromatic heterocycles. The van der Waals surface area contributed by atoms with Crippen LogP contribution in [0.3, 0.4) is 0 Å². The monoisotopic (exact) mass is 648 g/mol. The van der Waals surface area contributed by atoms with Crippen molar-refractivity contribution in [1.29, 1.82) is 0 Å². The fourth-order valence-electron chi connectivity index (χ4n) is 5.42. The van der Waals surface area contributed by atoms with Crippen molar-refractivity contribution in [1.82, 2.24) is 10.6 Å². The summed E-state index contributed by atoms with van der Waals surface area (Å²) in [5.41, 5.74) is 27.4. The Labute approximate surface area is 273 Å². The van der Waals surface area contributed by atoms with E-state index in [1.165, 1.54) is 0 Å². The second kappa shape index (κ2) is 16.3. The zero-order chi connectivity index (χ0) is 32.5. The summed E-state index contributed by atoms with van der Waals surface area (Å²) >= 11 is 0. The molecule has 12 nitrogen and oxygen atoms in total. The lowest BCUT2D eigenvalue weighted by atomic mass is 9.97. The molecule has 2 amide bonds. The molecule has 11 N–H and O–H groups in total. The van der Waals surface area contributed by atoms with Gasteiger partial charge in [0.25, 0.3) is 5.91 Å². The van der Waals surface area contributed by atoms with Crippen LogP contribution in [0.15, 0.2) is 65.7 Å². The minimum atomic E-state index is -1.10. The number of carbonyl (C=O) groups excluding carboxylic acids is 2. The fourth-order valence-corrected chi connectivity index (χ4v) is 5.42. The van der Waals surface area contributed by atoms with Crippen LogP contribution in [0.4, 0.5) is 11.4 Å². The number of aromatic nitrogens is 1. The third-order valence-electron chi connectivity index (χ3n) is 7.65. The predicted octanol–water partition coefficient (Wildman–Crippen LogP) is -0.434. The summed E-state index contributed by atoms with van der Waals surface area (Å²) < 4.78 is 2.08. The van der Waals surface area contributed by atoms with Gasteiger partial charge in [0.2, 0.25) is 17.1 Å². The first-order valence-electron chi connectivity index (χ1n) is 14.9. The first-order chi connectivity index (χ1) is 21.5. The van der Waals surface area contributed by atoms with Crippen molar-refractivity contribution in [2.45, 2.75) is 44.6 Å². The largest absolute Gasteiger partial charge is 1.00 e. The summed E-state index contributed by atoms with van der Waals surface area (Å²) in [6.45, 7) is 0.733. The number of carbonyl (C=O) groups is 3. The lowest BCUT2D eigenvalue weighted by Crippen LogP contribution is -3.00. The molecule has 3 aromatic carbocycles. The van der Waals surface area contributed by atoms with Gasteiger partial charge in [0, 0.05) is 53.5 Å². The van der Waals surface area contributed by atoms with Gasteiger partial charge in [-0.05, 0) is 68.1 Å². The lowest BCUT2D eigenvalue weighted by molar-refractivity contribution is -0.632. The van der Waals surface area contributed by atoms with Crippen LogP contribution >= 0.6 is 0 Å². The van der Waals surface area contributed by atoms with E-state index in [0.29, 0.717) is 55.7 Å². The molecule has 0 saturated carbocycles. The fraction of sp³-hybridized carbons (Fsp3) is 0.303. The van der Waals surface area contributed by atoms with Crippen molar-refractivity contribution in [2.75, 3.05) is 24.6 Å². The second-order valence-corrected chi connectivity index (χ2v) is 11.0. The molecule has 0 radical (unpaired) electrons. The number of unbranched alkanes of at least 4 members (excludes halogenated alkanes) is 2. The van der Waals surface area contributed by atoms with Crippen LogP contribution in [0.1, 0.15) is 48.9 Å². The molecule has 0 aliphatic heterocycles. The number of rotatable bonds is 14. The minimum Gasteiger partial charge on any atom is -1.00 e. The molecule has 46 heavy (non-hydrogen) atoms. The van der Waals surface area contributed by atoms with Gasteiger partial charge in [-0.1, -0.05) is 18.6 Å². The van der Waals surface area contributed by atoms with Crippen molar-refractivity contribution < 1.29 is 36.5 Å². The van der Waals surface area contributed by atoms with E-state index in [-0.39, 0.29) is 43.0 Å². The van der Waals surface area contributed by atoms with Gasteiger partial charge in [-0.25, -0.2) is 4.79 Å². The van der Waals surface area contributed by atoms with Gasteiger partial charge >= 0.3 is 5.97 Å². The van der Waals surface area contributed by atoms with Crippen LogP contribution in [0.25, 0.3) is 32.9 Å². The number of nitrogen functional groups attached to an aromatic ring is 2. The molecule has 0 fully saturated rings. The Hall–Kier alpha value is -5.10. The van der Waals surface area contributed by atoms with E-state index in [2.05, 4.69) is 20.2 Å². The van der Waals surface area contributed by atoms with Gasteiger partial charge in [-0.15, -0.1) is 0 Å². The standard InChI is InChI=1S/C33H40N8O4.ClH/c1-41-28-19-23(35)12-14-25(28)24-13-11-22(34)18-26(24)30(41)20-7-5-8-21(17-20)31(43)38-15-4-2-3-10-29(42)40-27(32(44)45)9-6-16-39-33(36)37;/h5,7-8,11-14,17-19,27,35H,2-4,6,9-10,15-16,34H2,1H3,(H7,36,37,38,39,40,42,43,44,45);1H. The van der Waals surface area contributed by atoms with Crippen molar-refractivity contribution in [2.24, 2.45) is 23.5 Å². The number of hydrogen-bond acceptors (Lipinski definition) is 6. The number of guanidine groups is 1. The molecule has 4 rings (SSSR count). The molecule has 13 heteroatoms. The number of hydrogen-bond donors (Lipinski definition) is 7. The first kappa shape index (κ1) is 35.4. The zero-order valence-corrected chi connectivity index (χ0v) is 26.5. The van der Waals surface area contributed by atoms with Crippen LogP contribution in [-0.2, 0) is 16.6 Å². The van der Waals surface area contributed by atoms with Gasteiger partial charge in [-0.3, -0.25) is 14.6 Å². The van der Waals surface area contributed by atoms with Crippen LogP contribution in [0, 0.1) is 0 Å². The van der Waals surface area contributed by atoms with E-state index in [0.717, 1.165) is 32.9 Å². The highest BCUT2D eigenvalue weighted by atomic mass is 35.5. The number of nitrogens with zero attached hydrogens (tertiary/aromatic N) is 2. The Balaban J connectivity index is 0.00000576. The molecule has 1 unspecified atom stereocenters. The SMILES string of the molecule is C[n+]1c(-c2cccc(C(=O)NCCCCCC(=O)NC(CCCN=C(N)N)C(=O)O)c2)c2cc(N)ccc2c2ccc(N)cc21.[Cl-]. The minimum absolute atomic E-state index is 0. The number of amides is 2. The Morgan fingerprint density at radius 3 is 2.33 bits per heavy atom. The number of nitrogens with two attached hydrogens (primary N) is 4. The van der Waals surface area contributed by atoms with Crippen molar-refractivity contribution in [3.05, 3.63) is 66.2 Å². The molecule has 1 heterocycles. The normalized spacial score (nSPS) is 11.4. The maximum Gasteiger partial charge on any atom is 0.326 e. The number of aliphatic imine (C=N–C) groups is 1. The van der Waals surface area contributed by atoms with Crippen LogP contribution < -0.4 is 50.5 Å². The van der Waals surface area contributed by atoms with Gasteiger partial charge in [0.15, 0.2) is 5.96 Å². The van der Waals surface area contributed by atoms with Crippen molar-refractivity contribution in [3.8, 4) is 11.3 Å². The highest BCUT2D eigenvalue weighted by molar-refractivity contribution is 6.10. The Kier molecular flexibility index (Phi) is 12.5. The summed E-state index contributed by atoms with van der Waals surface area (Å²) in [5.74, 6) is -1.69. The third kappa shape index (κ3) is 8.98. The van der Waals surface area contributed by atoms with E-state index in [4.69, 9.17) is 22.9 Å². The summed E-state index contributed by atoms with van der Waals surface area (Å²) in [7, 11) is 1.98. The molecule has 0 aliphatic rings. The number of pyridine rings is 1. The van der Waals surface area contributed by atoms with Gasteiger partial charge in [0.1, 0.15) is 13.1 Å². The summed E-state index contributed by atoms with van der Waals surface area (Å²) in [4.78, 5) is 40.6. The van der Waals surface area contributed by atoms with Crippen molar-refractivity contribution in [3.63, 3.8) is 0 Å². The molecular weight excluding hydrogens is 608 g/mol. The molecule has 0 aliphatic carbocycles. The van der Waals surface area contributed by atoms with Crippen LogP contribution in [0.2, 0.25) is 0 Å². The van der Waals surface area contributed by atoms with E-state index >= 15 is 0 Å². The summed E-state index contributed by atoms with van der Waals surface area (Å²) in [5, 5.41) is 17.9. The maximum atomic E-state index is 13.1. The summed E-state index contributed by atoms with van der Waals surface area (Å²) in [6, 6.07) is 18.1. The average Bonchev–Trinajstić information content (AvgIpc) is 3.00. The quantitative estimate of drug-likeness (QED) is 0.0237. The number of fused-ring (bicyclic) bond motifs is 3. The molecular formula is C33H41ClN8O4. The van der Waals surface area contributed by atoms with Gasteiger partial charge in [0.05, 0.1) is 10.8 Å². The highest BCUT2D eigenvalue weighted by Gasteiger charge is 2.22. The number of aryl methyl sites for hydroxylation is 1. The molecule has 0 bridgehead atoms. The second-order valence-electron chi connectivity index (χ2n) is 11.0. The zero-order valence-electron chi connectivity index (χ0n) is 25.8. The predicted molar refractivity (Wildman–Crippen MR) is 177 cm³/mol. The third-order valence-corrected chi connectivity index (χ3v) is 7.65. The van der Waals surface area contributed by atoms with Crippen LogP contribution in [-0.4, -0.2) is 48.0 Å². The van der Waals surface area contributed by atoms with Gasteiger partial charge in [-0.2, -0.15) is 4.57 Å². The number of carboxylic acids is 1. The smallest absolute Gasteiger partial charge is 0.326 e. The molecule has 0 spiro atoms. The number of halogens is 1. The average molecular weight is 649 g/mol. The van der Waals surface area contributed by atoms with E-state index < -0.39 is 12.0 Å². The molecule has 4 aromatic rings. The number of aliphatic carboxylic acids is 1. The Bertz CT molecular complexity index is 1760. The topological polar surface area (TPSA) is 216 Å². The van der Waals surface area contributed by atoms with Gasteiger partial charge < -0.3 is 51.1 Å². The highest BCUT2D eigenvalue weighted by Crippen LogP contribution is 2.33. The van der Waals surface area contributed by atoms with E-state index in [9.17, 15) is 19.5 Å². The number of benzene rings is 3. The Morgan fingerprint density at radius 2 is 1.61 bits per heavy atom. The number of nitrogens with one attached hydrogen (secondary N) is 2. The van der Waals surface area contributed by atoms with Crippen LogP contribution in [0.5, 0.6) is 0 Å². The molecule has 0 saturated heterocycles. The maximum absolute atomic E-state index is 13.1. The number of anilines is 2. The first-order valence-corrected chi connectivity index (χ1v) is 14.9. The van der Waals surface area contributed by atoms with E-state index in [1.54, 1.807) is 6.07 Å².